The highest BCUT2D eigenvalue weighted by Gasteiger charge is 2.35. The van der Waals surface area contributed by atoms with Crippen LogP contribution in [0.1, 0.15) is 55.5 Å². The van der Waals surface area contributed by atoms with Crippen LogP contribution in [0.5, 0.6) is 11.5 Å². The van der Waals surface area contributed by atoms with Gasteiger partial charge in [0.15, 0.2) is 5.75 Å². The molecule has 1 aliphatic heterocycles. The molecular formula is C26H29ClF3N3O3. The highest BCUT2D eigenvalue weighted by atomic mass is 35.5. The molecule has 4 rings (SSSR count). The Morgan fingerprint density at radius 1 is 1.14 bits per heavy atom. The summed E-state index contributed by atoms with van der Waals surface area (Å²) in [6, 6.07) is 5.92. The highest BCUT2D eigenvalue weighted by molar-refractivity contribution is 6.34. The van der Waals surface area contributed by atoms with Crippen LogP contribution in [0, 0.1) is 5.92 Å². The molecule has 0 radical (unpaired) electrons. The van der Waals surface area contributed by atoms with Crippen molar-refractivity contribution in [1.82, 2.24) is 4.90 Å². The van der Waals surface area contributed by atoms with Gasteiger partial charge >= 0.3 is 6.18 Å². The number of nitrogens with zero attached hydrogens (tertiary/aromatic N) is 2. The van der Waals surface area contributed by atoms with E-state index in [1.54, 1.807) is 0 Å². The SMILES string of the molecule is CCN(CC)CCN1C(=O)c2cc(Cl)c(NC(=O)C3CCCC3)cc2Oc2cc(C(F)(F)F)ccc21. The van der Waals surface area contributed by atoms with Crippen molar-refractivity contribution in [2.75, 3.05) is 36.4 Å². The van der Waals surface area contributed by atoms with E-state index in [9.17, 15) is 22.8 Å². The second-order valence-corrected chi connectivity index (χ2v) is 9.47. The number of carbonyl (C=O) groups is 2. The van der Waals surface area contributed by atoms with E-state index in [1.165, 1.54) is 23.1 Å². The van der Waals surface area contributed by atoms with E-state index in [0.29, 0.717) is 6.54 Å². The number of amides is 2. The van der Waals surface area contributed by atoms with Crippen LogP contribution >= 0.6 is 11.6 Å². The van der Waals surface area contributed by atoms with E-state index in [0.717, 1.165) is 50.9 Å². The minimum atomic E-state index is -4.58. The number of nitrogens with one attached hydrogen (secondary N) is 1. The van der Waals surface area contributed by atoms with Crippen LogP contribution in [0.25, 0.3) is 0 Å². The first-order valence-corrected chi connectivity index (χ1v) is 12.6. The molecule has 10 heteroatoms. The molecule has 194 valence electrons. The fraction of sp³-hybridized carbons (Fsp3) is 0.462. The van der Waals surface area contributed by atoms with Crippen molar-refractivity contribution in [3.05, 3.63) is 46.5 Å². The number of halogens is 4. The van der Waals surface area contributed by atoms with Crippen LogP contribution in [-0.2, 0) is 11.0 Å². The Labute approximate surface area is 213 Å². The van der Waals surface area contributed by atoms with Gasteiger partial charge in [-0.3, -0.25) is 9.59 Å². The Kier molecular flexibility index (Phi) is 7.80. The van der Waals surface area contributed by atoms with Crippen molar-refractivity contribution in [3.8, 4) is 11.5 Å². The first-order valence-electron chi connectivity index (χ1n) is 12.2. The lowest BCUT2D eigenvalue weighted by Gasteiger charge is -2.26. The largest absolute Gasteiger partial charge is 0.454 e. The van der Waals surface area contributed by atoms with Crippen molar-refractivity contribution >= 4 is 34.8 Å². The van der Waals surface area contributed by atoms with Crippen LogP contribution in [-0.4, -0.2) is 42.9 Å². The molecule has 0 bridgehead atoms. The average molecular weight is 524 g/mol. The molecule has 1 aliphatic carbocycles. The number of hydrogen-bond donors (Lipinski definition) is 1. The molecule has 0 spiro atoms. The molecule has 0 aromatic heterocycles. The van der Waals surface area contributed by atoms with Crippen molar-refractivity contribution in [2.24, 2.45) is 5.92 Å². The number of likely N-dealkylation sites (N-methyl/N-ethyl adjacent to an activating group) is 1. The molecule has 1 heterocycles. The summed E-state index contributed by atoms with van der Waals surface area (Å²) < 4.78 is 46.3. The molecule has 1 fully saturated rings. The Bertz CT molecular complexity index is 1150. The number of ether oxygens (including phenoxy) is 1. The Morgan fingerprint density at radius 3 is 2.47 bits per heavy atom. The number of fused-ring (bicyclic) bond motifs is 2. The molecule has 0 saturated heterocycles. The Balaban J connectivity index is 1.74. The lowest BCUT2D eigenvalue weighted by molar-refractivity contribution is -0.137. The number of anilines is 2. The number of rotatable bonds is 7. The van der Waals surface area contributed by atoms with E-state index in [1.807, 2.05) is 13.8 Å². The third-order valence-electron chi connectivity index (χ3n) is 6.86. The molecule has 2 aromatic carbocycles. The number of alkyl halides is 3. The average Bonchev–Trinajstić information content (AvgIpc) is 3.35. The second-order valence-electron chi connectivity index (χ2n) is 9.06. The molecular weight excluding hydrogens is 495 g/mol. The van der Waals surface area contributed by atoms with Crippen molar-refractivity contribution < 1.29 is 27.5 Å². The summed E-state index contributed by atoms with van der Waals surface area (Å²) in [6.07, 6.45) is -1.04. The second kappa shape index (κ2) is 10.7. The minimum Gasteiger partial charge on any atom is -0.454 e. The first kappa shape index (κ1) is 26.3. The van der Waals surface area contributed by atoms with Crippen LogP contribution < -0.4 is 15.0 Å². The monoisotopic (exact) mass is 523 g/mol. The lowest BCUT2D eigenvalue weighted by Crippen LogP contribution is -2.38. The predicted octanol–water partition coefficient (Wildman–Crippen LogP) is 6.58. The molecule has 0 atom stereocenters. The normalized spacial score (nSPS) is 16.0. The summed E-state index contributed by atoms with van der Waals surface area (Å²) >= 11 is 6.45. The fourth-order valence-electron chi connectivity index (χ4n) is 4.70. The van der Waals surface area contributed by atoms with E-state index >= 15 is 0 Å². The maximum absolute atomic E-state index is 13.6. The van der Waals surface area contributed by atoms with Crippen molar-refractivity contribution in [3.63, 3.8) is 0 Å². The van der Waals surface area contributed by atoms with Crippen molar-refractivity contribution in [2.45, 2.75) is 45.7 Å². The topological polar surface area (TPSA) is 61.9 Å². The van der Waals surface area contributed by atoms with Gasteiger partial charge in [-0.25, -0.2) is 0 Å². The van der Waals surface area contributed by atoms with Gasteiger partial charge in [0.1, 0.15) is 5.75 Å². The molecule has 2 aromatic rings. The molecule has 2 aliphatic rings. The number of hydrogen-bond acceptors (Lipinski definition) is 4. The summed E-state index contributed by atoms with van der Waals surface area (Å²) in [7, 11) is 0. The fourth-order valence-corrected chi connectivity index (χ4v) is 4.91. The van der Waals surface area contributed by atoms with Gasteiger partial charge < -0.3 is 19.9 Å². The van der Waals surface area contributed by atoms with Gasteiger partial charge in [0, 0.05) is 25.1 Å². The summed E-state index contributed by atoms with van der Waals surface area (Å²) in [5.74, 6) is -0.780. The van der Waals surface area contributed by atoms with Crippen LogP contribution in [0.2, 0.25) is 5.02 Å². The molecule has 1 saturated carbocycles. The summed E-state index contributed by atoms with van der Waals surface area (Å²) in [5.41, 5.74) is -0.276. The smallest absolute Gasteiger partial charge is 0.416 e. The lowest BCUT2D eigenvalue weighted by atomic mass is 10.1. The third-order valence-corrected chi connectivity index (χ3v) is 7.17. The zero-order chi connectivity index (χ0) is 26.0. The summed E-state index contributed by atoms with van der Waals surface area (Å²) in [6.45, 7) is 6.30. The van der Waals surface area contributed by atoms with E-state index in [-0.39, 0.29) is 51.8 Å². The molecule has 2 amide bonds. The highest BCUT2D eigenvalue weighted by Crippen LogP contribution is 2.44. The molecule has 36 heavy (non-hydrogen) atoms. The zero-order valence-electron chi connectivity index (χ0n) is 20.3. The van der Waals surface area contributed by atoms with E-state index < -0.39 is 17.6 Å². The maximum Gasteiger partial charge on any atom is 0.416 e. The maximum atomic E-state index is 13.6. The van der Waals surface area contributed by atoms with Gasteiger partial charge in [-0.2, -0.15) is 13.2 Å². The predicted molar refractivity (Wildman–Crippen MR) is 133 cm³/mol. The van der Waals surface area contributed by atoms with Gasteiger partial charge in [-0.1, -0.05) is 38.3 Å². The quantitative estimate of drug-likeness (QED) is 0.445. The van der Waals surface area contributed by atoms with Gasteiger partial charge in [-0.05, 0) is 50.2 Å². The third kappa shape index (κ3) is 5.47. The van der Waals surface area contributed by atoms with Crippen LogP contribution in [0.4, 0.5) is 24.5 Å². The van der Waals surface area contributed by atoms with Crippen LogP contribution in [0.3, 0.4) is 0 Å². The molecule has 0 unspecified atom stereocenters. The summed E-state index contributed by atoms with van der Waals surface area (Å²) in [5, 5.41) is 2.96. The van der Waals surface area contributed by atoms with Gasteiger partial charge in [0.05, 0.1) is 27.5 Å². The minimum absolute atomic E-state index is 0.0389. The Hall–Kier alpha value is -2.78. The zero-order valence-corrected chi connectivity index (χ0v) is 21.0. The van der Waals surface area contributed by atoms with Gasteiger partial charge in [-0.15, -0.1) is 0 Å². The number of carbonyl (C=O) groups excluding carboxylic acids is 2. The van der Waals surface area contributed by atoms with E-state index in [2.05, 4.69) is 10.2 Å². The molecule has 1 N–H and O–H groups in total. The first-order chi connectivity index (χ1) is 17.1. The Morgan fingerprint density at radius 2 is 1.83 bits per heavy atom. The molecule has 6 nitrogen and oxygen atoms in total. The van der Waals surface area contributed by atoms with E-state index in [4.69, 9.17) is 16.3 Å². The van der Waals surface area contributed by atoms with Crippen LogP contribution in [0.15, 0.2) is 30.3 Å². The summed E-state index contributed by atoms with van der Waals surface area (Å²) in [4.78, 5) is 29.8. The van der Waals surface area contributed by atoms with Crippen molar-refractivity contribution in [1.29, 1.82) is 0 Å². The standard InChI is InChI=1S/C26H29ClF3N3O3/c1-3-32(4-2)11-12-33-21-10-9-17(26(28,29)30)13-23(21)36-22-15-20(19(27)14-18(22)25(33)35)31-24(34)16-7-5-6-8-16/h9-10,13-16H,3-8,11-12H2,1-2H3,(H,31,34). The van der Waals surface area contributed by atoms with Gasteiger partial charge in [0.2, 0.25) is 5.91 Å². The number of benzene rings is 2. The van der Waals surface area contributed by atoms with Gasteiger partial charge in [0.25, 0.3) is 5.91 Å².